The Morgan fingerprint density at radius 2 is 2.06 bits per heavy atom. The molecule has 1 fully saturated rings. The van der Waals surface area contributed by atoms with Gasteiger partial charge in [-0.1, -0.05) is 15.9 Å². The van der Waals surface area contributed by atoms with E-state index < -0.39 is 17.8 Å². The number of aliphatic hydroxyl groups excluding tert-OH is 1. The molecule has 6 heteroatoms. The zero-order chi connectivity index (χ0) is 13.3. The number of hydrogen-bond donors (Lipinski definition) is 2. The van der Waals surface area contributed by atoms with Crippen molar-refractivity contribution in [2.75, 3.05) is 11.9 Å². The van der Waals surface area contributed by atoms with Crippen LogP contribution in [0.1, 0.15) is 18.4 Å². The molecule has 1 aliphatic rings. The summed E-state index contributed by atoms with van der Waals surface area (Å²) in [6.07, 6.45) is -3.07. The topological polar surface area (TPSA) is 32.3 Å². The zero-order valence-corrected chi connectivity index (χ0v) is 11.1. The summed E-state index contributed by atoms with van der Waals surface area (Å²) in [6.45, 7) is 0.143. The van der Waals surface area contributed by atoms with E-state index in [0.717, 1.165) is 18.9 Å². The second kappa shape index (κ2) is 5.09. The first-order valence-corrected chi connectivity index (χ1v) is 6.46. The van der Waals surface area contributed by atoms with Gasteiger partial charge in [-0.15, -0.1) is 0 Å². The molecule has 1 unspecified atom stereocenters. The highest BCUT2D eigenvalue weighted by molar-refractivity contribution is 9.10. The van der Waals surface area contributed by atoms with Crippen LogP contribution in [0.5, 0.6) is 0 Å². The van der Waals surface area contributed by atoms with Crippen LogP contribution in [0, 0.1) is 5.92 Å². The van der Waals surface area contributed by atoms with Crippen LogP contribution in [0.4, 0.5) is 18.9 Å². The highest BCUT2D eigenvalue weighted by atomic mass is 79.9. The highest BCUT2D eigenvalue weighted by Gasteiger charge is 2.34. The van der Waals surface area contributed by atoms with Gasteiger partial charge in [-0.3, -0.25) is 0 Å². The molecule has 0 heterocycles. The van der Waals surface area contributed by atoms with Crippen LogP contribution in [0.2, 0.25) is 0 Å². The molecule has 0 saturated heterocycles. The minimum atomic E-state index is -4.40. The van der Waals surface area contributed by atoms with Crippen molar-refractivity contribution in [2.24, 2.45) is 5.92 Å². The number of anilines is 1. The van der Waals surface area contributed by atoms with E-state index in [1.165, 1.54) is 12.1 Å². The van der Waals surface area contributed by atoms with Crippen LogP contribution >= 0.6 is 15.9 Å². The van der Waals surface area contributed by atoms with Gasteiger partial charge < -0.3 is 10.4 Å². The summed E-state index contributed by atoms with van der Waals surface area (Å²) in [5, 5.41) is 12.3. The Bertz CT molecular complexity index is 432. The minimum Gasteiger partial charge on any atom is -0.391 e. The van der Waals surface area contributed by atoms with E-state index in [4.69, 9.17) is 0 Å². The average molecular weight is 324 g/mol. The van der Waals surface area contributed by atoms with Crippen molar-refractivity contribution in [2.45, 2.75) is 25.1 Å². The van der Waals surface area contributed by atoms with Crippen LogP contribution in [0.15, 0.2) is 22.7 Å². The Morgan fingerprint density at radius 3 is 2.61 bits per heavy atom. The zero-order valence-electron chi connectivity index (χ0n) is 9.47. The molecule has 0 spiro atoms. The predicted molar refractivity (Wildman–Crippen MR) is 66.4 cm³/mol. The summed E-state index contributed by atoms with van der Waals surface area (Å²) in [5.41, 5.74) is -0.717. The molecule has 0 bridgehead atoms. The van der Waals surface area contributed by atoms with E-state index in [1.54, 1.807) is 0 Å². The summed E-state index contributed by atoms with van der Waals surface area (Å²) in [7, 11) is 0. The molecular weight excluding hydrogens is 311 g/mol. The van der Waals surface area contributed by atoms with Gasteiger partial charge in [-0.25, -0.2) is 0 Å². The van der Waals surface area contributed by atoms with E-state index in [9.17, 15) is 18.3 Å². The molecule has 1 saturated carbocycles. The molecule has 0 aromatic heterocycles. The smallest absolute Gasteiger partial charge is 0.391 e. The number of alkyl halides is 3. The molecule has 2 nitrogen and oxygen atoms in total. The van der Waals surface area contributed by atoms with E-state index >= 15 is 0 Å². The maximum Gasteiger partial charge on any atom is 0.418 e. The van der Waals surface area contributed by atoms with E-state index in [2.05, 4.69) is 21.2 Å². The molecule has 1 aliphatic carbocycles. The average Bonchev–Trinajstić information content (AvgIpc) is 3.07. The van der Waals surface area contributed by atoms with Gasteiger partial charge in [0.25, 0.3) is 0 Å². The molecule has 100 valence electrons. The Balaban J connectivity index is 2.11. The third kappa shape index (κ3) is 3.38. The van der Waals surface area contributed by atoms with Crippen LogP contribution in [0.3, 0.4) is 0 Å². The monoisotopic (exact) mass is 323 g/mol. The van der Waals surface area contributed by atoms with E-state index in [1.807, 2.05) is 0 Å². The maximum absolute atomic E-state index is 12.8. The van der Waals surface area contributed by atoms with Gasteiger partial charge in [0.05, 0.1) is 11.7 Å². The van der Waals surface area contributed by atoms with Crippen molar-refractivity contribution in [1.29, 1.82) is 0 Å². The summed E-state index contributed by atoms with van der Waals surface area (Å²) in [5.74, 6) is 0.235. The largest absolute Gasteiger partial charge is 0.418 e. The van der Waals surface area contributed by atoms with Crippen LogP contribution in [-0.2, 0) is 6.18 Å². The molecule has 0 radical (unpaired) electrons. The number of rotatable bonds is 4. The molecule has 1 atom stereocenters. The van der Waals surface area contributed by atoms with Crippen molar-refractivity contribution < 1.29 is 18.3 Å². The first-order valence-electron chi connectivity index (χ1n) is 5.66. The number of hydrogen-bond acceptors (Lipinski definition) is 2. The molecule has 1 aromatic carbocycles. The van der Waals surface area contributed by atoms with Crippen LogP contribution in [-0.4, -0.2) is 17.8 Å². The lowest BCUT2D eigenvalue weighted by Gasteiger charge is -2.17. The van der Waals surface area contributed by atoms with Gasteiger partial charge in [0.15, 0.2) is 0 Å². The van der Waals surface area contributed by atoms with Crippen molar-refractivity contribution in [3.8, 4) is 0 Å². The van der Waals surface area contributed by atoms with Crippen molar-refractivity contribution >= 4 is 21.6 Å². The first kappa shape index (κ1) is 13.7. The summed E-state index contributed by atoms with van der Waals surface area (Å²) in [6, 6.07) is 3.75. The lowest BCUT2D eigenvalue weighted by Crippen LogP contribution is -2.22. The highest BCUT2D eigenvalue weighted by Crippen LogP contribution is 2.37. The third-order valence-corrected chi connectivity index (χ3v) is 3.45. The van der Waals surface area contributed by atoms with Crippen LogP contribution < -0.4 is 5.32 Å². The lowest BCUT2D eigenvalue weighted by molar-refractivity contribution is -0.137. The Labute approximate surface area is 111 Å². The number of aliphatic hydroxyl groups is 1. The Kier molecular flexibility index (Phi) is 3.87. The molecule has 0 aliphatic heterocycles. The SMILES string of the molecule is OC(CNc1cc(Br)ccc1C(F)(F)F)C1CC1. The lowest BCUT2D eigenvalue weighted by atomic mass is 10.1. The fraction of sp³-hybridized carbons (Fsp3) is 0.500. The number of nitrogens with one attached hydrogen (secondary N) is 1. The minimum absolute atomic E-state index is 0.00317. The molecular formula is C12H13BrF3NO. The Morgan fingerprint density at radius 1 is 1.39 bits per heavy atom. The van der Waals surface area contributed by atoms with Gasteiger partial charge in [-0.05, 0) is 37.0 Å². The molecule has 0 amide bonds. The van der Waals surface area contributed by atoms with Gasteiger partial charge in [0.1, 0.15) is 0 Å². The normalized spacial score (nSPS) is 17.6. The molecule has 18 heavy (non-hydrogen) atoms. The van der Waals surface area contributed by atoms with Gasteiger partial charge >= 0.3 is 6.18 Å². The first-order chi connectivity index (χ1) is 8.38. The van der Waals surface area contributed by atoms with Crippen molar-refractivity contribution in [3.05, 3.63) is 28.2 Å². The van der Waals surface area contributed by atoms with Crippen LogP contribution in [0.25, 0.3) is 0 Å². The summed E-state index contributed by atoms with van der Waals surface area (Å²) in [4.78, 5) is 0. The Hall–Kier alpha value is -0.750. The third-order valence-electron chi connectivity index (χ3n) is 2.95. The fourth-order valence-electron chi connectivity index (χ4n) is 1.77. The molecule has 2 N–H and O–H groups in total. The van der Waals surface area contributed by atoms with Gasteiger partial charge in [0, 0.05) is 16.7 Å². The molecule has 1 aromatic rings. The van der Waals surface area contributed by atoms with Gasteiger partial charge in [0.2, 0.25) is 0 Å². The predicted octanol–water partition coefficient (Wildman–Crippen LogP) is 3.65. The van der Waals surface area contributed by atoms with E-state index in [-0.39, 0.29) is 18.2 Å². The number of halogens is 4. The quantitative estimate of drug-likeness (QED) is 0.886. The van der Waals surface area contributed by atoms with Crippen molar-refractivity contribution in [3.63, 3.8) is 0 Å². The van der Waals surface area contributed by atoms with Crippen molar-refractivity contribution in [1.82, 2.24) is 0 Å². The molecule has 2 rings (SSSR count). The maximum atomic E-state index is 12.8. The van der Waals surface area contributed by atoms with Gasteiger partial charge in [-0.2, -0.15) is 13.2 Å². The second-order valence-electron chi connectivity index (χ2n) is 4.47. The van der Waals surface area contributed by atoms with E-state index in [0.29, 0.717) is 4.47 Å². The summed E-state index contributed by atoms with van der Waals surface area (Å²) >= 11 is 3.14. The fourth-order valence-corrected chi connectivity index (χ4v) is 2.13. The summed E-state index contributed by atoms with van der Waals surface area (Å²) < 4.78 is 38.8. The second-order valence-corrected chi connectivity index (χ2v) is 5.39. The number of benzene rings is 1. The standard InChI is InChI=1S/C12H13BrF3NO/c13-8-3-4-9(12(14,15)16)10(5-8)17-6-11(18)7-1-2-7/h3-5,7,11,17-18H,1-2,6H2.